The zero-order valence-electron chi connectivity index (χ0n) is 22.2. The number of rotatable bonds is 9. The smallest absolute Gasteiger partial charge is 0.319 e. The SMILES string of the molecule is CN1CCN(CCOc2ccc(C(N)=O)c3c(-c4ccccc4CNC(=O)Nc4ccc(Cl)cc4)noc23)CC1. The molecule has 3 aromatic carbocycles. The van der Waals surface area contributed by atoms with Crippen LogP contribution in [0.15, 0.2) is 65.2 Å². The van der Waals surface area contributed by atoms with Crippen LogP contribution in [0, 0.1) is 0 Å². The van der Waals surface area contributed by atoms with Crippen LogP contribution in [0.2, 0.25) is 5.02 Å². The minimum Gasteiger partial charge on any atom is -0.488 e. The van der Waals surface area contributed by atoms with E-state index in [1.807, 2.05) is 24.3 Å². The van der Waals surface area contributed by atoms with Crippen molar-refractivity contribution < 1.29 is 18.8 Å². The minimum atomic E-state index is -0.601. The molecular formula is C29H31ClN6O4. The Bertz CT molecular complexity index is 1500. The molecule has 208 valence electrons. The van der Waals surface area contributed by atoms with E-state index in [-0.39, 0.29) is 18.1 Å². The Morgan fingerprint density at radius 1 is 1.05 bits per heavy atom. The van der Waals surface area contributed by atoms with Crippen LogP contribution in [0.3, 0.4) is 0 Å². The second-order valence-corrected chi connectivity index (χ2v) is 10.1. The third-order valence-corrected chi connectivity index (χ3v) is 7.18. The highest BCUT2D eigenvalue weighted by Crippen LogP contribution is 2.37. The number of hydrogen-bond donors (Lipinski definition) is 3. The number of nitrogens with zero attached hydrogens (tertiary/aromatic N) is 3. The minimum absolute atomic E-state index is 0.205. The fraction of sp³-hybridized carbons (Fsp3) is 0.276. The van der Waals surface area contributed by atoms with Crippen molar-refractivity contribution in [1.29, 1.82) is 0 Å². The number of anilines is 1. The van der Waals surface area contributed by atoms with E-state index in [1.165, 1.54) is 0 Å². The highest BCUT2D eigenvalue weighted by molar-refractivity contribution is 6.30. The summed E-state index contributed by atoms with van der Waals surface area (Å²) in [6.45, 7) is 5.49. The van der Waals surface area contributed by atoms with Crippen molar-refractivity contribution in [1.82, 2.24) is 20.3 Å². The van der Waals surface area contributed by atoms with E-state index in [9.17, 15) is 9.59 Å². The first-order valence-electron chi connectivity index (χ1n) is 13.0. The van der Waals surface area contributed by atoms with E-state index in [2.05, 4.69) is 32.6 Å². The third-order valence-electron chi connectivity index (χ3n) is 6.93. The molecule has 0 unspecified atom stereocenters. The number of aromatic nitrogens is 1. The molecule has 4 aromatic rings. The van der Waals surface area contributed by atoms with E-state index >= 15 is 0 Å². The van der Waals surface area contributed by atoms with Gasteiger partial charge < -0.3 is 30.5 Å². The summed E-state index contributed by atoms with van der Waals surface area (Å²) in [6, 6.07) is 17.2. The number of hydrogen-bond acceptors (Lipinski definition) is 7. The van der Waals surface area contributed by atoms with Crippen LogP contribution in [0.5, 0.6) is 5.75 Å². The number of halogens is 1. The van der Waals surface area contributed by atoms with Gasteiger partial charge in [0, 0.05) is 55.5 Å². The first-order valence-corrected chi connectivity index (χ1v) is 13.4. The number of likely N-dealkylation sites (N-methyl/N-ethyl adjacent to an activating group) is 1. The summed E-state index contributed by atoms with van der Waals surface area (Å²) >= 11 is 5.92. The van der Waals surface area contributed by atoms with E-state index in [1.54, 1.807) is 36.4 Å². The fourth-order valence-corrected chi connectivity index (χ4v) is 4.80. The number of carbonyl (C=O) groups excluding carboxylic acids is 2. The first kappa shape index (κ1) is 27.4. The summed E-state index contributed by atoms with van der Waals surface area (Å²) in [5.41, 5.74) is 8.90. The van der Waals surface area contributed by atoms with Crippen LogP contribution in [0.25, 0.3) is 22.2 Å². The predicted molar refractivity (Wildman–Crippen MR) is 155 cm³/mol. The van der Waals surface area contributed by atoms with Gasteiger partial charge in [0.15, 0.2) is 5.75 Å². The molecule has 1 fully saturated rings. The van der Waals surface area contributed by atoms with Gasteiger partial charge in [-0.1, -0.05) is 41.0 Å². The summed E-state index contributed by atoms with van der Waals surface area (Å²) in [6.07, 6.45) is 0. The summed E-state index contributed by atoms with van der Waals surface area (Å²) in [5, 5.41) is 11.0. The summed E-state index contributed by atoms with van der Waals surface area (Å²) in [7, 11) is 2.12. The molecule has 2 heterocycles. The monoisotopic (exact) mass is 562 g/mol. The summed E-state index contributed by atoms with van der Waals surface area (Å²) in [4.78, 5) is 29.6. The number of piperazine rings is 1. The molecule has 0 atom stereocenters. The Labute approximate surface area is 237 Å². The molecule has 1 aromatic heterocycles. The van der Waals surface area contributed by atoms with E-state index in [0.717, 1.165) is 38.3 Å². The van der Waals surface area contributed by atoms with E-state index < -0.39 is 5.91 Å². The summed E-state index contributed by atoms with van der Waals surface area (Å²) in [5.74, 6) is -0.109. The van der Waals surface area contributed by atoms with E-state index in [4.69, 9.17) is 26.6 Å². The molecule has 10 nitrogen and oxygen atoms in total. The van der Waals surface area contributed by atoms with Crippen molar-refractivity contribution in [2.24, 2.45) is 5.73 Å². The highest BCUT2D eigenvalue weighted by Gasteiger charge is 2.23. The zero-order valence-corrected chi connectivity index (χ0v) is 22.9. The molecule has 0 aliphatic carbocycles. The molecule has 0 bridgehead atoms. The summed E-state index contributed by atoms with van der Waals surface area (Å²) < 4.78 is 11.8. The number of fused-ring (bicyclic) bond motifs is 1. The molecular weight excluding hydrogens is 532 g/mol. The standard InChI is InChI=1S/C29H31ClN6O4/c1-35-12-14-36(15-13-35)16-17-39-24-11-10-23(28(31)37)25-26(34-40-27(24)25)22-5-3-2-4-19(22)18-32-29(38)33-21-8-6-20(30)7-9-21/h2-11H,12-18H2,1H3,(H2,31,37)(H2,32,33,38). The van der Waals surface area contributed by atoms with Gasteiger partial charge in [-0.2, -0.15) is 0 Å². The molecule has 1 aliphatic heterocycles. The Morgan fingerprint density at radius 3 is 2.55 bits per heavy atom. The molecule has 1 aliphatic rings. The maximum absolute atomic E-state index is 12.5. The number of amides is 3. The number of nitrogens with two attached hydrogens (primary N) is 1. The van der Waals surface area contributed by atoms with Crippen molar-refractivity contribution in [3.63, 3.8) is 0 Å². The quantitative estimate of drug-likeness (QED) is 0.279. The van der Waals surface area contributed by atoms with Crippen molar-refractivity contribution in [3.8, 4) is 17.0 Å². The third kappa shape index (κ3) is 6.36. The van der Waals surface area contributed by atoms with Crippen molar-refractivity contribution in [2.75, 3.05) is 51.7 Å². The second-order valence-electron chi connectivity index (χ2n) is 9.68. The van der Waals surface area contributed by atoms with Crippen molar-refractivity contribution in [3.05, 3.63) is 76.8 Å². The van der Waals surface area contributed by atoms with Crippen LogP contribution in [-0.2, 0) is 6.54 Å². The number of nitrogens with one attached hydrogen (secondary N) is 2. The van der Waals surface area contributed by atoms with E-state index in [0.29, 0.717) is 45.3 Å². The molecule has 5 rings (SSSR count). The Balaban J connectivity index is 1.35. The Morgan fingerprint density at radius 2 is 1.80 bits per heavy atom. The lowest BCUT2D eigenvalue weighted by Gasteiger charge is -2.32. The largest absolute Gasteiger partial charge is 0.488 e. The Hall–Kier alpha value is -4.12. The molecule has 0 radical (unpaired) electrons. The van der Waals surface area contributed by atoms with Crippen molar-refractivity contribution in [2.45, 2.75) is 6.54 Å². The number of primary amides is 1. The average molecular weight is 563 g/mol. The molecule has 4 N–H and O–H groups in total. The lowest BCUT2D eigenvalue weighted by atomic mass is 9.98. The molecule has 1 saturated heterocycles. The van der Waals surface area contributed by atoms with Gasteiger partial charge in [0.25, 0.3) is 0 Å². The highest BCUT2D eigenvalue weighted by atomic mass is 35.5. The average Bonchev–Trinajstić information content (AvgIpc) is 3.40. The Kier molecular flexibility index (Phi) is 8.49. The lowest BCUT2D eigenvalue weighted by Crippen LogP contribution is -2.45. The number of carbonyl (C=O) groups is 2. The van der Waals surface area contributed by atoms with Gasteiger partial charge in [-0.05, 0) is 49.0 Å². The second kappa shape index (κ2) is 12.4. The normalized spacial score (nSPS) is 14.2. The molecule has 0 spiro atoms. The topological polar surface area (TPSA) is 126 Å². The number of benzene rings is 3. The fourth-order valence-electron chi connectivity index (χ4n) is 4.67. The van der Waals surface area contributed by atoms with Crippen LogP contribution >= 0.6 is 11.6 Å². The van der Waals surface area contributed by atoms with Crippen molar-refractivity contribution >= 4 is 40.2 Å². The van der Waals surface area contributed by atoms with Crippen LogP contribution in [0.4, 0.5) is 10.5 Å². The van der Waals surface area contributed by atoms with Crippen LogP contribution < -0.4 is 21.1 Å². The van der Waals surface area contributed by atoms with Crippen LogP contribution in [-0.4, -0.2) is 73.3 Å². The molecule has 11 heteroatoms. The van der Waals surface area contributed by atoms with Gasteiger partial charge in [-0.25, -0.2) is 4.79 Å². The van der Waals surface area contributed by atoms with Gasteiger partial charge in [-0.3, -0.25) is 9.69 Å². The van der Waals surface area contributed by atoms with Crippen LogP contribution in [0.1, 0.15) is 15.9 Å². The van der Waals surface area contributed by atoms with Gasteiger partial charge >= 0.3 is 6.03 Å². The zero-order chi connectivity index (χ0) is 28.1. The lowest BCUT2D eigenvalue weighted by molar-refractivity contribution is 0.100. The first-order chi connectivity index (χ1) is 19.4. The van der Waals surface area contributed by atoms with Gasteiger partial charge in [-0.15, -0.1) is 0 Å². The molecule has 40 heavy (non-hydrogen) atoms. The van der Waals surface area contributed by atoms with Gasteiger partial charge in [0.05, 0.1) is 10.9 Å². The molecule has 0 saturated carbocycles. The van der Waals surface area contributed by atoms with Gasteiger partial charge in [0.2, 0.25) is 11.5 Å². The number of ether oxygens (including phenoxy) is 1. The maximum atomic E-state index is 12.5. The number of urea groups is 1. The predicted octanol–water partition coefficient (Wildman–Crippen LogP) is 4.20. The van der Waals surface area contributed by atoms with Gasteiger partial charge in [0.1, 0.15) is 12.3 Å². The molecule has 3 amide bonds. The maximum Gasteiger partial charge on any atom is 0.319 e.